The van der Waals surface area contributed by atoms with Gasteiger partial charge in [-0.25, -0.2) is 9.78 Å². The third kappa shape index (κ3) is 2.41. The molecule has 1 unspecified atom stereocenters. The quantitative estimate of drug-likeness (QED) is 0.701. The standard InChI is InChI=1S/C13H24O3/c1-12(2,3)10-4-6-13(7-5-10)8-11(9-14)15-16-13/h10-11,14H,4-9H2,1-3H3. The van der Waals surface area contributed by atoms with Gasteiger partial charge >= 0.3 is 0 Å². The molecule has 0 radical (unpaired) electrons. The molecule has 0 aromatic rings. The first-order valence-corrected chi connectivity index (χ1v) is 6.41. The highest BCUT2D eigenvalue weighted by molar-refractivity contribution is 4.93. The maximum absolute atomic E-state index is 9.06. The predicted molar refractivity (Wildman–Crippen MR) is 61.8 cm³/mol. The highest BCUT2D eigenvalue weighted by Gasteiger charge is 2.46. The van der Waals surface area contributed by atoms with Gasteiger partial charge in [0.1, 0.15) is 11.7 Å². The fourth-order valence-corrected chi connectivity index (χ4v) is 3.05. The van der Waals surface area contributed by atoms with Gasteiger partial charge in [-0.15, -0.1) is 0 Å². The summed E-state index contributed by atoms with van der Waals surface area (Å²) >= 11 is 0. The van der Waals surface area contributed by atoms with Crippen LogP contribution in [0.1, 0.15) is 52.9 Å². The van der Waals surface area contributed by atoms with E-state index in [1.165, 1.54) is 12.8 Å². The molecule has 0 amide bonds. The Morgan fingerprint density at radius 1 is 1.25 bits per heavy atom. The summed E-state index contributed by atoms with van der Waals surface area (Å²) in [5.74, 6) is 0.787. The van der Waals surface area contributed by atoms with Crippen LogP contribution in [0.2, 0.25) is 0 Å². The van der Waals surface area contributed by atoms with Crippen LogP contribution in [0.5, 0.6) is 0 Å². The van der Waals surface area contributed by atoms with Crippen LogP contribution in [0.3, 0.4) is 0 Å². The molecule has 0 aromatic carbocycles. The van der Waals surface area contributed by atoms with Crippen LogP contribution in [0.25, 0.3) is 0 Å². The van der Waals surface area contributed by atoms with Crippen molar-refractivity contribution in [3.8, 4) is 0 Å². The van der Waals surface area contributed by atoms with Gasteiger partial charge in [-0.2, -0.15) is 0 Å². The number of aliphatic hydroxyl groups excluding tert-OH is 1. The number of hydrogen-bond donors (Lipinski definition) is 1. The van der Waals surface area contributed by atoms with Crippen LogP contribution < -0.4 is 0 Å². The molecule has 1 saturated heterocycles. The van der Waals surface area contributed by atoms with Gasteiger partial charge in [0.2, 0.25) is 0 Å². The average Bonchev–Trinajstić information content (AvgIpc) is 2.61. The molecule has 1 aliphatic carbocycles. The minimum absolute atomic E-state index is 0.0739. The molecule has 2 rings (SSSR count). The smallest absolute Gasteiger partial charge is 0.119 e. The van der Waals surface area contributed by atoms with Crippen molar-refractivity contribution in [2.24, 2.45) is 11.3 Å². The van der Waals surface area contributed by atoms with Crippen molar-refractivity contribution >= 4 is 0 Å². The summed E-state index contributed by atoms with van der Waals surface area (Å²) in [4.78, 5) is 10.7. The zero-order valence-electron chi connectivity index (χ0n) is 10.7. The van der Waals surface area contributed by atoms with Crippen LogP contribution in [0.4, 0.5) is 0 Å². The maximum atomic E-state index is 9.06. The van der Waals surface area contributed by atoms with Gasteiger partial charge in [-0.3, -0.25) is 0 Å². The van der Waals surface area contributed by atoms with E-state index in [2.05, 4.69) is 20.8 Å². The van der Waals surface area contributed by atoms with Gasteiger partial charge in [0, 0.05) is 6.42 Å². The number of rotatable bonds is 1. The molecule has 1 heterocycles. The largest absolute Gasteiger partial charge is 0.394 e. The van der Waals surface area contributed by atoms with E-state index < -0.39 is 0 Å². The number of hydrogen-bond acceptors (Lipinski definition) is 3. The summed E-state index contributed by atoms with van der Waals surface area (Å²) in [5.41, 5.74) is 0.312. The van der Waals surface area contributed by atoms with Gasteiger partial charge < -0.3 is 5.11 Å². The van der Waals surface area contributed by atoms with Crippen molar-refractivity contribution in [3.05, 3.63) is 0 Å². The summed E-state index contributed by atoms with van der Waals surface area (Å²) in [6.45, 7) is 7.03. The van der Waals surface area contributed by atoms with Crippen molar-refractivity contribution < 1.29 is 14.9 Å². The Labute approximate surface area is 98.1 Å². The third-order valence-corrected chi connectivity index (χ3v) is 4.29. The van der Waals surface area contributed by atoms with E-state index in [0.717, 1.165) is 25.2 Å². The Hall–Kier alpha value is -0.120. The minimum Gasteiger partial charge on any atom is -0.394 e. The number of aliphatic hydroxyl groups is 1. The zero-order valence-corrected chi connectivity index (χ0v) is 10.7. The van der Waals surface area contributed by atoms with Crippen molar-refractivity contribution in [3.63, 3.8) is 0 Å². The summed E-state index contributed by atoms with van der Waals surface area (Å²) in [6.07, 6.45) is 5.33. The first kappa shape index (κ1) is 12.3. The molecule has 3 heteroatoms. The molecule has 2 aliphatic rings. The van der Waals surface area contributed by atoms with Crippen molar-refractivity contribution in [2.75, 3.05) is 6.61 Å². The van der Waals surface area contributed by atoms with Crippen molar-refractivity contribution in [1.29, 1.82) is 0 Å². The SMILES string of the molecule is CC(C)(C)C1CCC2(CC1)CC(CO)OO2. The lowest BCUT2D eigenvalue weighted by Crippen LogP contribution is -2.37. The summed E-state index contributed by atoms with van der Waals surface area (Å²) in [5, 5.41) is 9.06. The molecule has 0 aromatic heterocycles. The van der Waals surface area contributed by atoms with Crippen LogP contribution in [0, 0.1) is 11.3 Å². The lowest BCUT2D eigenvalue weighted by Gasteiger charge is -2.40. The van der Waals surface area contributed by atoms with Crippen LogP contribution in [-0.4, -0.2) is 23.4 Å². The Balaban J connectivity index is 1.90. The fraction of sp³-hybridized carbons (Fsp3) is 1.00. The lowest BCUT2D eigenvalue weighted by molar-refractivity contribution is -0.335. The molecular formula is C13H24O3. The van der Waals surface area contributed by atoms with Crippen molar-refractivity contribution in [1.82, 2.24) is 0 Å². The molecule has 1 spiro atoms. The highest BCUT2D eigenvalue weighted by Crippen LogP contribution is 2.47. The zero-order chi connectivity index (χ0) is 11.8. The Morgan fingerprint density at radius 3 is 2.31 bits per heavy atom. The first-order chi connectivity index (χ1) is 7.45. The summed E-state index contributed by atoms with van der Waals surface area (Å²) in [7, 11) is 0. The second kappa shape index (κ2) is 4.28. The molecule has 2 fully saturated rings. The van der Waals surface area contributed by atoms with Crippen molar-refractivity contribution in [2.45, 2.75) is 64.6 Å². The maximum Gasteiger partial charge on any atom is 0.119 e. The van der Waals surface area contributed by atoms with Gasteiger partial charge in [0.15, 0.2) is 0 Å². The van der Waals surface area contributed by atoms with Gasteiger partial charge in [0.25, 0.3) is 0 Å². The molecule has 3 nitrogen and oxygen atoms in total. The average molecular weight is 228 g/mol. The van der Waals surface area contributed by atoms with Gasteiger partial charge in [0.05, 0.1) is 6.61 Å². The van der Waals surface area contributed by atoms with E-state index in [-0.39, 0.29) is 18.3 Å². The Bertz CT molecular complexity index is 236. The molecule has 1 saturated carbocycles. The van der Waals surface area contributed by atoms with E-state index in [9.17, 15) is 0 Å². The molecule has 1 atom stereocenters. The summed E-state index contributed by atoms with van der Waals surface area (Å²) in [6, 6.07) is 0. The second-order valence-corrected chi connectivity index (χ2v) is 6.51. The first-order valence-electron chi connectivity index (χ1n) is 6.41. The Kier molecular flexibility index (Phi) is 3.30. The van der Waals surface area contributed by atoms with Gasteiger partial charge in [-0.1, -0.05) is 20.8 Å². The fourth-order valence-electron chi connectivity index (χ4n) is 3.05. The van der Waals surface area contributed by atoms with E-state index in [1.54, 1.807) is 0 Å². The molecule has 16 heavy (non-hydrogen) atoms. The second-order valence-electron chi connectivity index (χ2n) is 6.51. The highest BCUT2D eigenvalue weighted by atomic mass is 17.2. The summed E-state index contributed by atoms with van der Waals surface area (Å²) < 4.78 is 0. The minimum atomic E-state index is -0.105. The molecular weight excluding hydrogens is 204 g/mol. The van der Waals surface area contributed by atoms with E-state index in [0.29, 0.717) is 5.41 Å². The molecule has 0 bridgehead atoms. The topological polar surface area (TPSA) is 38.7 Å². The normalized spacial score (nSPS) is 40.5. The van der Waals surface area contributed by atoms with E-state index in [4.69, 9.17) is 14.9 Å². The molecule has 1 N–H and O–H groups in total. The van der Waals surface area contributed by atoms with E-state index in [1.807, 2.05) is 0 Å². The lowest BCUT2D eigenvalue weighted by atomic mass is 9.67. The van der Waals surface area contributed by atoms with Gasteiger partial charge in [-0.05, 0) is 37.0 Å². The van der Waals surface area contributed by atoms with Crippen LogP contribution >= 0.6 is 0 Å². The van der Waals surface area contributed by atoms with Crippen LogP contribution in [0.15, 0.2) is 0 Å². The molecule has 1 aliphatic heterocycles. The third-order valence-electron chi connectivity index (χ3n) is 4.29. The van der Waals surface area contributed by atoms with Crippen LogP contribution in [-0.2, 0) is 9.78 Å². The molecule has 94 valence electrons. The predicted octanol–water partition coefficient (Wildman–Crippen LogP) is 2.67. The monoisotopic (exact) mass is 228 g/mol. The van der Waals surface area contributed by atoms with E-state index >= 15 is 0 Å². The Morgan fingerprint density at radius 2 is 1.88 bits per heavy atom.